The van der Waals surface area contributed by atoms with Crippen molar-refractivity contribution in [1.29, 1.82) is 0 Å². The molecule has 1 atom stereocenters. The Bertz CT molecular complexity index is 346. The highest BCUT2D eigenvalue weighted by Gasteiger charge is 2.04. The van der Waals surface area contributed by atoms with Crippen LogP contribution in [0.1, 0.15) is 200 Å². The largest absolute Gasteiger partial charge is 0.323 e. The Morgan fingerprint density at radius 2 is 0.528 bits per heavy atom. The van der Waals surface area contributed by atoms with Gasteiger partial charge in [0.2, 0.25) is 0 Å². The Morgan fingerprint density at radius 1 is 0.361 bits per heavy atom. The first-order valence-electron chi connectivity index (χ1n) is 16.9. The summed E-state index contributed by atoms with van der Waals surface area (Å²) >= 11 is 3.95. The molecule has 0 aromatic heterocycles. The van der Waals surface area contributed by atoms with E-state index in [4.69, 9.17) is 0 Å². The Hall–Kier alpha value is 0.440. The molecule has 0 fully saturated rings. The third kappa shape index (κ3) is 39.0. The third-order valence-corrected chi connectivity index (χ3v) is 8.41. The van der Waals surface area contributed by atoms with Crippen LogP contribution in [-0.4, -0.2) is 18.9 Å². The molecular formula is C34H72BrN. The van der Waals surface area contributed by atoms with Crippen molar-refractivity contribution in [3.8, 4) is 0 Å². The van der Waals surface area contributed by atoms with Crippen molar-refractivity contribution in [2.45, 2.75) is 205 Å². The van der Waals surface area contributed by atoms with Crippen LogP contribution in [-0.2, 0) is 0 Å². The molecule has 1 nitrogen and oxygen atoms in total. The first-order valence-corrected chi connectivity index (χ1v) is 17.9. The van der Waals surface area contributed by atoms with Gasteiger partial charge in [-0.15, -0.1) is 0 Å². The van der Waals surface area contributed by atoms with E-state index >= 15 is 0 Å². The molecule has 0 aliphatic rings. The third-order valence-electron chi connectivity index (χ3n) is 7.49. The summed E-state index contributed by atoms with van der Waals surface area (Å²) in [6.07, 6.45) is 42.2. The number of rotatable bonds is 29. The SMILES string of the molecule is CCCCCCCCCCCCCCCCCC(Br)CCCCCCCCCCCCCC.CNC. The van der Waals surface area contributed by atoms with Crippen LogP contribution in [0.4, 0.5) is 0 Å². The maximum atomic E-state index is 3.95. The molecule has 0 heterocycles. The molecular weight excluding hydrogens is 502 g/mol. The molecule has 0 aromatic carbocycles. The molecule has 36 heavy (non-hydrogen) atoms. The topological polar surface area (TPSA) is 12.0 Å². The Balaban J connectivity index is 0. The molecule has 2 heteroatoms. The molecule has 0 spiro atoms. The van der Waals surface area contributed by atoms with Gasteiger partial charge in [0.05, 0.1) is 0 Å². The molecule has 0 amide bonds. The number of hydrogen-bond donors (Lipinski definition) is 1. The highest BCUT2D eigenvalue weighted by atomic mass is 79.9. The summed E-state index contributed by atoms with van der Waals surface area (Å²) in [6, 6.07) is 0. The van der Waals surface area contributed by atoms with E-state index in [1.165, 1.54) is 186 Å². The van der Waals surface area contributed by atoms with E-state index in [9.17, 15) is 0 Å². The number of nitrogens with one attached hydrogen (secondary N) is 1. The van der Waals surface area contributed by atoms with Crippen LogP contribution in [0, 0.1) is 0 Å². The molecule has 0 aliphatic carbocycles. The van der Waals surface area contributed by atoms with Crippen molar-refractivity contribution < 1.29 is 0 Å². The molecule has 0 bridgehead atoms. The Kier molecular flexibility index (Phi) is 40.3. The van der Waals surface area contributed by atoms with E-state index in [0.717, 1.165) is 4.83 Å². The van der Waals surface area contributed by atoms with Crippen molar-refractivity contribution in [3.05, 3.63) is 0 Å². The summed E-state index contributed by atoms with van der Waals surface area (Å²) in [7, 11) is 3.75. The van der Waals surface area contributed by atoms with Gasteiger partial charge in [-0.1, -0.05) is 203 Å². The molecule has 1 N–H and O–H groups in total. The second-order valence-corrected chi connectivity index (χ2v) is 12.8. The number of alkyl halides is 1. The minimum atomic E-state index is 0.780. The predicted molar refractivity (Wildman–Crippen MR) is 173 cm³/mol. The monoisotopic (exact) mass is 573 g/mol. The summed E-state index contributed by atoms with van der Waals surface area (Å²) in [5.74, 6) is 0. The van der Waals surface area contributed by atoms with Crippen LogP contribution in [0.3, 0.4) is 0 Å². The van der Waals surface area contributed by atoms with Gasteiger partial charge in [-0.05, 0) is 26.9 Å². The summed E-state index contributed by atoms with van der Waals surface area (Å²) in [5.41, 5.74) is 0. The predicted octanol–water partition coefficient (Wildman–Crippen LogP) is 12.9. The van der Waals surface area contributed by atoms with Crippen molar-refractivity contribution in [3.63, 3.8) is 0 Å². The van der Waals surface area contributed by atoms with E-state index in [2.05, 4.69) is 35.1 Å². The van der Waals surface area contributed by atoms with Crippen LogP contribution >= 0.6 is 15.9 Å². The maximum Gasteiger partial charge on any atom is 0.0145 e. The number of unbranched alkanes of at least 4 members (excludes halogenated alkanes) is 25. The van der Waals surface area contributed by atoms with Crippen LogP contribution in [0.2, 0.25) is 0 Å². The average molecular weight is 575 g/mol. The van der Waals surface area contributed by atoms with Crippen molar-refractivity contribution in [2.75, 3.05) is 14.1 Å². The fourth-order valence-corrected chi connectivity index (χ4v) is 5.74. The van der Waals surface area contributed by atoms with Gasteiger partial charge in [-0.2, -0.15) is 0 Å². The summed E-state index contributed by atoms with van der Waals surface area (Å²) < 4.78 is 0. The number of hydrogen-bond acceptors (Lipinski definition) is 1. The lowest BCUT2D eigenvalue weighted by Crippen LogP contribution is -1.97. The van der Waals surface area contributed by atoms with Gasteiger partial charge < -0.3 is 5.32 Å². The molecule has 0 saturated carbocycles. The average Bonchev–Trinajstić information content (AvgIpc) is 2.87. The van der Waals surface area contributed by atoms with E-state index in [0.29, 0.717) is 0 Å². The molecule has 0 saturated heterocycles. The minimum absolute atomic E-state index is 0.780. The zero-order valence-corrected chi connectivity index (χ0v) is 27.5. The quantitative estimate of drug-likeness (QED) is 0.0692. The zero-order chi connectivity index (χ0) is 26.8. The lowest BCUT2D eigenvalue weighted by molar-refractivity contribution is 0.518. The van der Waals surface area contributed by atoms with Crippen molar-refractivity contribution in [1.82, 2.24) is 5.32 Å². The van der Waals surface area contributed by atoms with Gasteiger partial charge in [0.25, 0.3) is 0 Å². The van der Waals surface area contributed by atoms with E-state index in [1.807, 2.05) is 14.1 Å². The van der Waals surface area contributed by atoms with E-state index in [-0.39, 0.29) is 0 Å². The van der Waals surface area contributed by atoms with Crippen LogP contribution < -0.4 is 5.32 Å². The molecule has 1 unspecified atom stereocenters. The fourth-order valence-electron chi connectivity index (χ4n) is 5.09. The van der Waals surface area contributed by atoms with Gasteiger partial charge in [0.15, 0.2) is 0 Å². The van der Waals surface area contributed by atoms with Gasteiger partial charge in [0, 0.05) is 4.83 Å². The number of halogens is 1. The van der Waals surface area contributed by atoms with Crippen LogP contribution in [0.25, 0.3) is 0 Å². The van der Waals surface area contributed by atoms with E-state index in [1.54, 1.807) is 0 Å². The normalized spacial score (nSPS) is 11.9. The van der Waals surface area contributed by atoms with Crippen LogP contribution in [0.5, 0.6) is 0 Å². The van der Waals surface area contributed by atoms with Gasteiger partial charge in [-0.3, -0.25) is 0 Å². The lowest BCUT2D eigenvalue weighted by Gasteiger charge is -2.09. The molecule has 220 valence electrons. The van der Waals surface area contributed by atoms with Crippen molar-refractivity contribution >= 4 is 15.9 Å². The highest BCUT2D eigenvalue weighted by Crippen LogP contribution is 2.20. The Labute approximate surface area is 239 Å². The highest BCUT2D eigenvalue weighted by molar-refractivity contribution is 9.09. The first kappa shape index (κ1) is 38.6. The van der Waals surface area contributed by atoms with Gasteiger partial charge in [-0.25, -0.2) is 0 Å². The summed E-state index contributed by atoms with van der Waals surface area (Å²) in [4.78, 5) is 0.780. The zero-order valence-electron chi connectivity index (χ0n) is 26.0. The second kappa shape index (κ2) is 37.6. The molecule has 0 aliphatic heterocycles. The Morgan fingerprint density at radius 3 is 0.722 bits per heavy atom. The smallest absolute Gasteiger partial charge is 0.0145 e. The molecule has 0 rings (SSSR count). The van der Waals surface area contributed by atoms with Gasteiger partial charge >= 0.3 is 0 Å². The van der Waals surface area contributed by atoms with Crippen molar-refractivity contribution in [2.24, 2.45) is 0 Å². The molecule has 0 aromatic rings. The van der Waals surface area contributed by atoms with Gasteiger partial charge in [0.1, 0.15) is 0 Å². The maximum absolute atomic E-state index is 3.95. The van der Waals surface area contributed by atoms with E-state index < -0.39 is 0 Å². The first-order chi connectivity index (χ1) is 17.7. The standard InChI is InChI=1S/C32H65Br.C2H7N/c1-3-5-7-9-11-13-15-17-18-19-21-23-25-27-29-31-32(33)30-28-26-24-22-20-16-14-12-10-8-6-4-2;1-3-2/h32H,3-31H2,1-2H3;3H,1-2H3. The minimum Gasteiger partial charge on any atom is -0.323 e. The fraction of sp³-hybridized carbons (Fsp3) is 1.00. The summed E-state index contributed by atoms with van der Waals surface area (Å²) in [5, 5.41) is 2.75. The lowest BCUT2D eigenvalue weighted by atomic mass is 10.0. The van der Waals surface area contributed by atoms with Crippen LogP contribution in [0.15, 0.2) is 0 Å². The second-order valence-electron chi connectivity index (χ2n) is 11.5. The summed E-state index contributed by atoms with van der Waals surface area (Å²) in [6.45, 7) is 4.61. The molecule has 0 radical (unpaired) electrons.